The fourth-order valence-electron chi connectivity index (χ4n) is 4.13. The maximum Gasteiger partial charge on any atom is 0.416 e. The van der Waals surface area contributed by atoms with Crippen LogP contribution >= 0.6 is 0 Å². The van der Waals surface area contributed by atoms with Gasteiger partial charge < -0.3 is 9.32 Å². The van der Waals surface area contributed by atoms with Crippen molar-refractivity contribution in [3.8, 4) is 11.1 Å². The van der Waals surface area contributed by atoms with Crippen LogP contribution in [0, 0.1) is 0 Å². The number of oxazole rings is 1. The van der Waals surface area contributed by atoms with Crippen LogP contribution in [0.2, 0.25) is 0 Å². The Morgan fingerprint density at radius 3 is 2.44 bits per heavy atom. The Kier molecular flexibility index (Phi) is 4.96. The molecule has 1 aliphatic rings. The van der Waals surface area contributed by atoms with Gasteiger partial charge in [-0.3, -0.25) is 4.79 Å². The zero-order chi connectivity index (χ0) is 22.3. The first-order valence-corrected chi connectivity index (χ1v) is 10.3. The van der Waals surface area contributed by atoms with Crippen molar-refractivity contribution in [3.63, 3.8) is 0 Å². The van der Waals surface area contributed by atoms with Crippen LogP contribution in [-0.2, 0) is 6.18 Å². The molecule has 1 aliphatic heterocycles. The lowest BCUT2D eigenvalue weighted by atomic mass is 10.1. The first-order valence-electron chi connectivity index (χ1n) is 10.3. The number of likely N-dealkylation sites (tertiary alicyclic amines) is 1. The highest BCUT2D eigenvalue weighted by molar-refractivity contribution is 5.94. The molecule has 3 aromatic carbocycles. The van der Waals surface area contributed by atoms with Gasteiger partial charge in [-0.2, -0.15) is 13.2 Å². The number of alkyl halides is 3. The van der Waals surface area contributed by atoms with Crippen molar-refractivity contribution in [2.24, 2.45) is 0 Å². The molecule has 0 spiro atoms. The molecule has 32 heavy (non-hydrogen) atoms. The van der Waals surface area contributed by atoms with Crippen molar-refractivity contribution in [3.05, 3.63) is 89.8 Å². The lowest BCUT2D eigenvalue weighted by molar-refractivity contribution is -0.137. The molecule has 1 aromatic heterocycles. The van der Waals surface area contributed by atoms with Gasteiger partial charge in [0.1, 0.15) is 11.6 Å². The molecule has 2 heterocycles. The highest BCUT2D eigenvalue weighted by Crippen LogP contribution is 2.36. The van der Waals surface area contributed by atoms with Gasteiger partial charge in [-0.25, -0.2) is 4.98 Å². The fourth-order valence-corrected chi connectivity index (χ4v) is 4.13. The van der Waals surface area contributed by atoms with Crippen molar-refractivity contribution in [1.29, 1.82) is 0 Å². The summed E-state index contributed by atoms with van der Waals surface area (Å²) in [4.78, 5) is 19.3. The number of hydrogen-bond acceptors (Lipinski definition) is 3. The minimum atomic E-state index is -4.44. The van der Waals surface area contributed by atoms with E-state index in [2.05, 4.69) is 4.98 Å². The van der Waals surface area contributed by atoms with E-state index in [1.165, 1.54) is 12.1 Å². The van der Waals surface area contributed by atoms with Crippen LogP contribution in [0.5, 0.6) is 0 Å². The second-order valence-corrected chi connectivity index (χ2v) is 7.83. The van der Waals surface area contributed by atoms with Crippen LogP contribution in [-0.4, -0.2) is 22.3 Å². The average molecular weight is 436 g/mol. The second-order valence-electron chi connectivity index (χ2n) is 7.83. The molecule has 0 N–H and O–H groups in total. The Labute approximate surface area is 182 Å². The van der Waals surface area contributed by atoms with Crippen molar-refractivity contribution >= 4 is 17.0 Å². The number of benzene rings is 3. The summed E-state index contributed by atoms with van der Waals surface area (Å²) < 4.78 is 44.5. The lowest BCUT2D eigenvalue weighted by Crippen LogP contribution is -2.30. The number of rotatable bonds is 3. The summed E-state index contributed by atoms with van der Waals surface area (Å²) in [7, 11) is 0. The van der Waals surface area contributed by atoms with E-state index in [9.17, 15) is 18.0 Å². The van der Waals surface area contributed by atoms with Crippen molar-refractivity contribution in [2.75, 3.05) is 6.54 Å². The average Bonchev–Trinajstić information content (AvgIpc) is 3.45. The van der Waals surface area contributed by atoms with Crippen LogP contribution in [0.15, 0.2) is 77.2 Å². The maximum absolute atomic E-state index is 13.0. The molecular weight excluding hydrogens is 417 g/mol. The van der Waals surface area contributed by atoms with E-state index in [-0.39, 0.29) is 17.5 Å². The Hall–Kier alpha value is -3.61. The first kappa shape index (κ1) is 20.3. The van der Waals surface area contributed by atoms with Gasteiger partial charge >= 0.3 is 6.18 Å². The number of carbonyl (C=O) groups is 1. The number of fused-ring (bicyclic) bond motifs is 1. The molecule has 4 aromatic rings. The monoisotopic (exact) mass is 436 g/mol. The maximum atomic E-state index is 13.0. The zero-order valence-electron chi connectivity index (χ0n) is 17.0. The van der Waals surface area contributed by atoms with Crippen LogP contribution < -0.4 is 0 Å². The summed E-state index contributed by atoms with van der Waals surface area (Å²) in [6.45, 7) is 0.499. The van der Waals surface area contributed by atoms with Gasteiger partial charge in [-0.1, -0.05) is 36.4 Å². The summed E-state index contributed by atoms with van der Waals surface area (Å²) in [5.41, 5.74) is 2.86. The Morgan fingerprint density at radius 1 is 0.969 bits per heavy atom. The third kappa shape index (κ3) is 3.75. The molecule has 162 valence electrons. The fraction of sp³-hybridized carbons (Fsp3) is 0.200. The summed E-state index contributed by atoms with van der Waals surface area (Å²) >= 11 is 0. The minimum absolute atomic E-state index is 0.215. The first-order chi connectivity index (χ1) is 15.4. The summed E-state index contributed by atoms with van der Waals surface area (Å²) in [5.74, 6) is 0.122. The topological polar surface area (TPSA) is 46.3 Å². The third-order valence-corrected chi connectivity index (χ3v) is 5.77. The molecule has 0 unspecified atom stereocenters. The molecular formula is C25H19F3N2O2. The molecule has 1 saturated heterocycles. The normalized spacial score (nSPS) is 16.6. The molecule has 7 heteroatoms. The van der Waals surface area contributed by atoms with E-state index in [1.54, 1.807) is 4.90 Å². The molecule has 0 bridgehead atoms. The van der Waals surface area contributed by atoms with Crippen molar-refractivity contribution in [1.82, 2.24) is 9.88 Å². The number of hydrogen-bond donors (Lipinski definition) is 0. The Morgan fingerprint density at radius 2 is 1.72 bits per heavy atom. The number of aromatic nitrogens is 1. The number of carbonyl (C=O) groups excluding carboxylic acids is 1. The third-order valence-electron chi connectivity index (χ3n) is 5.77. The predicted molar refractivity (Wildman–Crippen MR) is 114 cm³/mol. The quantitative estimate of drug-likeness (QED) is 0.369. The van der Waals surface area contributed by atoms with Gasteiger partial charge in [-0.15, -0.1) is 0 Å². The predicted octanol–water partition coefficient (Wildman–Crippen LogP) is 6.49. The van der Waals surface area contributed by atoms with E-state index < -0.39 is 11.7 Å². The summed E-state index contributed by atoms with van der Waals surface area (Å²) in [6.07, 6.45) is -2.98. The summed E-state index contributed by atoms with van der Waals surface area (Å²) in [6, 6.07) is 19.7. The molecule has 4 nitrogen and oxygen atoms in total. The molecule has 0 radical (unpaired) electrons. The number of halogens is 3. The van der Waals surface area contributed by atoms with Gasteiger partial charge in [0.05, 0.1) is 5.56 Å². The number of amides is 1. The van der Waals surface area contributed by atoms with Crippen molar-refractivity contribution in [2.45, 2.75) is 25.1 Å². The minimum Gasteiger partial charge on any atom is -0.438 e. The van der Waals surface area contributed by atoms with E-state index in [1.807, 2.05) is 48.5 Å². The summed E-state index contributed by atoms with van der Waals surface area (Å²) in [5, 5.41) is 0. The molecule has 1 amide bonds. The van der Waals surface area contributed by atoms with Gasteiger partial charge in [0, 0.05) is 12.1 Å². The smallest absolute Gasteiger partial charge is 0.416 e. The van der Waals surface area contributed by atoms with Crippen LogP contribution in [0.3, 0.4) is 0 Å². The molecule has 0 aliphatic carbocycles. The SMILES string of the molecule is O=C(c1ccc(C(F)(F)F)cc1)N1CCC[C@@H]1c1nc2cc(-c3ccccc3)ccc2o1. The van der Waals surface area contributed by atoms with Crippen LogP contribution in [0.25, 0.3) is 22.2 Å². The van der Waals surface area contributed by atoms with Crippen molar-refractivity contribution < 1.29 is 22.4 Å². The standard InChI is InChI=1S/C25H19F3N2O2/c26-25(27,28)19-11-8-17(9-12-19)24(31)30-14-4-7-21(30)23-29-20-15-18(10-13-22(20)32-23)16-5-2-1-3-6-16/h1-3,5-6,8-13,15,21H,4,7,14H2/t21-/m1/s1. The van der Waals surface area contributed by atoms with E-state index in [4.69, 9.17) is 4.42 Å². The lowest BCUT2D eigenvalue weighted by Gasteiger charge is -2.22. The van der Waals surface area contributed by atoms with E-state index in [0.717, 1.165) is 29.7 Å². The van der Waals surface area contributed by atoms with Gasteiger partial charge in [-0.05, 0) is 60.4 Å². The zero-order valence-corrected chi connectivity index (χ0v) is 17.0. The largest absolute Gasteiger partial charge is 0.438 e. The second kappa shape index (κ2) is 7.82. The van der Waals surface area contributed by atoms with Gasteiger partial charge in [0.2, 0.25) is 5.89 Å². The van der Waals surface area contributed by atoms with Crippen LogP contribution in [0.1, 0.15) is 40.7 Å². The van der Waals surface area contributed by atoms with Gasteiger partial charge in [0.15, 0.2) is 5.58 Å². The van der Waals surface area contributed by atoms with E-state index in [0.29, 0.717) is 30.0 Å². The van der Waals surface area contributed by atoms with Gasteiger partial charge in [0.25, 0.3) is 5.91 Å². The Balaban J connectivity index is 1.42. The number of nitrogens with zero attached hydrogens (tertiary/aromatic N) is 2. The molecule has 1 fully saturated rings. The molecule has 0 saturated carbocycles. The van der Waals surface area contributed by atoms with Crippen LogP contribution in [0.4, 0.5) is 13.2 Å². The highest BCUT2D eigenvalue weighted by Gasteiger charge is 2.35. The molecule has 1 atom stereocenters. The molecule has 5 rings (SSSR count). The highest BCUT2D eigenvalue weighted by atomic mass is 19.4. The van der Waals surface area contributed by atoms with E-state index >= 15 is 0 Å². The Bertz CT molecular complexity index is 1260.